The van der Waals surface area contributed by atoms with Crippen molar-refractivity contribution >= 4 is 10.1 Å². The zero-order valence-electron chi connectivity index (χ0n) is 15.2. The number of aliphatic hydroxyl groups is 1. The van der Waals surface area contributed by atoms with E-state index in [0.717, 1.165) is 51.4 Å². The number of hydrogen-bond donors (Lipinski definition) is 2. The monoisotopic (exact) mass is 350 g/mol. The maximum Gasteiger partial charge on any atom is 0.267 e. The van der Waals surface area contributed by atoms with Gasteiger partial charge in [0, 0.05) is 0 Å². The van der Waals surface area contributed by atoms with E-state index in [2.05, 4.69) is 0 Å². The molecule has 0 fully saturated rings. The summed E-state index contributed by atoms with van der Waals surface area (Å²) < 4.78 is 31.9. The van der Waals surface area contributed by atoms with Crippen molar-refractivity contribution in [1.82, 2.24) is 0 Å². The van der Waals surface area contributed by atoms with E-state index in [1.807, 2.05) is 13.8 Å². The number of aliphatic hydroxyl groups excluding tert-OH is 1. The Kier molecular flexibility index (Phi) is 14.2. The van der Waals surface area contributed by atoms with Gasteiger partial charge in [-0.15, -0.1) is 0 Å². The third kappa shape index (κ3) is 14.0. The molecule has 2 N–H and O–H groups in total. The van der Waals surface area contributed by atoms with E-state index < -0.39 is 15.4 Å². The maximum atomic E-state index is 11.3. The summed E-state index contributed by atoms with van der Waals surface area (Å²) in [5.41, 5.74) is 0. The Labute approximate surface area is 143 Å². The van der Waals surface area contributed by atoms with Gasteiger partial charge in [0.25, 0.3) is 10.1 Å². The Morgan fingerprint density at radius 3 is 1.61 bits per heavy atom. The molecule has 0 aromatic rings. The van der Waals surface area contributed by atoms with Gasteiger partial charge in [-0.2, -0.15) is 8.42 Å². The van der Waals surface area contributed by atoms with Gasteiger partial charge < -0.3 is 5.11 Å². The van der Waals surface area contributed by atoms with E-state index in [0.29, 0.717) is 12.8 Å². The fourth-order valence-corrected chi connectivity index (χ4v) is 3.82. The van der Waals surface area contributed by atoms with Crippen molar-refractivity contribution in [3.63, 3.8) is 0 Å². The molecule has 0 rings (SSSR count). The van der Waals surface area contributed by atoms with Crippen LogP contribution in [0, 0.1) is 0 Å². The van der Waals surface area contributed by atoms with Crippen LogP contribution in [0.15, 0.2) is 0 Å². The number of unbranched alkanes of at least 4 members (excludes halogenated alkanes) is 8. The van der Waals surface area contributed by atoms with Crippen LogP contribution in [0.2, 0.25) is 0 Å². The summed E-state index contributed by atoms with van der Waals surface area (Å²) in [6, 6.07) is 0. The predicted octanol–water partition coefficient (Wildman–Crippen LogP) is 5.10. The van der Waals surface area contributed by atoms with E-state index in [9.17, 15) is 18.1 Å². The second-order valence-corrected chi connectivity index (χ2v) is 8.44. The van der Waals surface area contributed by atoms with E-state index in [1.54, 1.807) is 0 Å². The third-order valence-corrected chi connectivity index (χ3v) is 5.90. The molecule has 0 amide bonds. The molecular formula is C18H38O4S. The van der Waals surface area contributed by atoms with Crippen LogP contribution in [0.3, 0.4) is 0 Å². The first-order chi connectivity index (χ1) is 10.9. The highest BCUT2D eigenvalue weighted by atomic mass is 32.2. The van der Waals surface area contributed by atoms with Gasteiger partial charge in [-0.3, -0.25) is 4.55 Å². The molecule has 0 saturated heterocycles. The van der Waals surface area contributed by atoms with Crippen LogP contribution in [0.25, 0.3) is 0 Å². The summed E-state index contributed by atoms with van der Waals surface area (Å²) in [7, 11) is -3.87. The molecule has 0 aromatic heterocycles. The molecule has 0 bridgehead atoms. The molecule has 0 spiro atoms. The van der Waals surface area contributed by atoms with Gasteiger partial charge >= 0.3 is 0 Å². The van der Waals surface area contributed by atoms with Gasteiger partial charge in [0.2, 0.25) is 0 Å². The van der Waals surface area contributed by atoms with Gasteiger partial charge in [-0.1, -0.05) is 78.1 Å². The Balaban J connectivity index is 3.53. The van der Waals surface area contributed by atoms with E-state index >= 15 is 0 Å². The Hall–Kier alpha value is -0.130. The highest BCUT2D eigenvalue weighted by molar-refractivity contribution is 7.86. The molecule has 23 heavy (non-hydrogen) atoms. The summed E-state index contributed by atoms with van der Waals surface area (Å²) in [5, 5.41) is 8.89. The minimum Gasteiger partial charge on any atom is -0.393 e. The zero-order valence-corrected chi connectivity index (χ0v) is 16.0. The highest BCUT2D eigenvalue weighted by Gasteiger charge is 2.21. The molecule has 2 atom stereocenters. The number of rotatable bonds is 16. The second-order valence-electron chi connectivity index (χ2n) is 6.75. The molecule has 2 unspecified atom stereocenters. The quantitative estimate of drug-likeness (QED) is 0.300. The van der Waals surface area contributed by atoms with Crippen molar-refractivity contribution in [2.24, 2.45) is 0 Å². The summed E-state index contributed by atoms with van der Waals surface area (Å²) in [4.78, 5) is 0. The second kappa shape index (κ2) is 14.2. The Bertz CT molecular complexity index is 354. The van der Waals surface area contributed by atoms with Crippen molar-refractivity contribution in [3.05, 3.63) is 0 Å². The minimum absolute atomic E-state index is 0.126. The SMILES string of the molecule is CCCCC(CCCCCCCCCCC(O)CC)S(=O)(=O)O. The van der Waals surface area contributed by atoms with Crippen molar-refractivity contribution < 1.29 is 18.1 Å². The van der Waals surface area contributed by atoms with Crippen molar-refractivity contribution in [2.45, 2.75) is 115 Å². The fourth-order valence-electron chi connectivity index (χ4n) is 2.89. The fraction of sp³-hybridized carbons (Fsp3) is 1.00. The van der Waals surface area contributed by atoms with Gasteiger partial charge in [-0.05, 0) is 25.7 Å². The van der Waals surface area contributed by atoms with Crippen molar-refractivity contribution in [1.29, 1.82) is 0 Å². The molecule has 0 aliphatic heterocycles. The molecule has 140 valence electrons. The number of hydrogen-bond acceptors (Lipinski definition) is 3. The molecule has 0 saturated carbocycles. The largest absolute Gasteiger partial charge is 0.393 e. The lowest BCUT2D eigenvalue weighted by Gasteiger charge is -2.13. The standard InChI is InChI=1S/C18H38O4S/c1-3-5-15-18(23(20,21)22)16-13-11-9-7-6-8-10-12-14-17(19)4-2/h17-19H,3-16H2,1-2H3,(H,20,21,22). The Morgan fingerprint density at radius 1 is 0.739 bits per heavy atom. The molecule has 0 heterocycles. The first-order valence-corrected chi connectivity index (χ1v) is 11.1. The third-order valence-electron chi connectivity index (χ3n) is 4.59. The lowest BCUT2D eigenvalue weighted by molar-refractivity contribution is 0.156. The van der Waals surface area contributed by atoms with Crippen molar-refractivity contribution in [3.8, 4) is 0 Å². The molecule has 0 aromatic carbocycles. The van der Waals surface area contributed by atoms with Crippen molar-refractivity contribution in [2.75, 3.05) is 0 Å². The molecule has 4 nitrogen and oxygen atoms in total. The van der Waals surface area contributed by atoms with Gasteiger partial charge in [0.05, 0.1) is 11.4 Å². The van der Waals surface area contributed by atoms with Gasteiger partial charge in [-0.25, -0.2) is 0 Å². The topological polar surface area (TPSA) is 74.6 Å². The lowest BCUT2D eigenvalue weighted by Crippen LogP contribution is -2.20. The average molecular weight is 351 g/mol. The van der Waals surface area contributed by atoms with Gasteiger partial charge in [0.1, 0.15) is 0 Å². The van der Waals surface area contributed by atoms with E-state index in [1.165, 1.54) is 25.7 Å². The molecular weight excluding hydrogens is 312 g/mol. The average Bonchev–Trinajstić information content (AvgIpc) is 2.50. The van der Waals surface area contributed by atoms with Crippen LogP contribution in [0.5, 0.6) is 0 Å². The smallest absolute Gasteiger partial charge is 0.267 e. The summed E-state index contributed by atoms with van der Waals surface area (Å²) in [6.45, 7) is 4.05. The summed E-state index contributed by atoms with van der Waals surface area (Å²) >= 11 is 0. The van der Waals surface area contributed by atoms with Crippen LogP contribution in [-0.2, 0) is 10.1 Å². The van der Waals surface area contributed by atoms with Gasteiger partial charge in [0.15, 0.2) is 0 Å². The molecule has 0 aliphatic rings. The Morgan fingerprint density at radius 2 is 1.17 bits per heavy atom. The predicted molar refractivity (Wildman–Crippen MR) is 97.3 cm³/mol. The molecule has 5 heteroatoms. The molecule has 0 aliphatic carbocycles. The minimum atomic E-state index is -3.87. The zero-order chi connectivity index (χ0) is 17.6. The van der Waals surface area contributed by atoms with E-state index in [-0.39, 0.29) is 6.10 Å². The first kappa shape index (κ1) is 22.9. The van der Waals surface area contributed by atoms with Crippen LogP contribution < -0.4 is 0 Å². The summed E-state index contributed by atoms with van der Waals surface area (Å²) in [6.07, 6.45) is 13.7. The van der Waals surface area contributed by atoms with Crippen LogP contribution in [0.1, 0.15) is 104 Å². The highest BCUT2D eigenvalue weighted by Crippen LogP contribution is 2.18. The maximum absolute atomic E-state index is 11.3. The summed E-state index contributed by atoms with van der Waals surface area (Å²) in [5.74, 6) is 0. The van der Waals surface area contributed by atoms with E-state index in [4.69, 9.17) is 0 Å². The van der Waals surface area contributed by atoms with Crippen LogP contribution >= 0.6 is 0 Å². The van der Waals surface area contributed by atoms with Crippen LogP contribution in [0.4, 0.5) is 0 Å². The molecule has 0 radical (unpaired) electrons. The normalized spacial score (nSPS) is 14.8. The van der Waals surface area contributed by atoms with Crippen LogP contribution in [-0.4, -0.2) is 29.4 Å². The first-order valence-electron chi connectivity index (χ1n) is 9.56. The lowest BCUT2D eigenvalue weighted by atomic mass is 10.0.